The van der Waals surface area contributed by atoms with E-state index in [0.29, 0.717) is 30.2 Å². The first-order valence-electron chi connectivity index (χ1n) is 6.29. The lowest BCUT2D eigenvalue weighted by Crippen LogP contribution is -2.26. The molecule has 2 N–H and O–H groups in total. The van der Waals surface area contributed by atoms with Gasteiger partial charge in [-0.25, -0.2) is 18.1 Å². The Morgan fingerprint density at radius 3 is 2.85 bits per heavy atom. The van der Waals surface area contributed by atoms with E-state index in [-0.39, 0.29) is 5.03 Å². The molecule has 1 aromatic carbocycles. The fourth-order valence-corrected chi connectivity index (χ4v) is 2.94. The Morgan fingerprint density at radius 1 is 1.40 bits per heavy atom. The standard InChI is InChI=1S/C13H16ClN3O2S/c1-2-12-15-9-13(17-12)20(18,19)16-7-6-10-4-3-5-11(14)8-10/h3-5,8-9,16H,2,6-7H2,1H3,(H,15,17). The Bertz CT molecular complexity index is 682. The number of aryl methyl sites for hydroxylation is 1. The number of sulfonamides is 1. The molecule has 0 saturated carbocycles. The summed E-state index contributed by atoms with van der Waals surface area (Å²) in [6.07, 6.45) is 2.58. The van der Waals surface area contributed by atoms with Crippen LogP contribution in [-0.4, -0.2) is 24.9 Å². The van der Waals surface area contributed by atoms with E-state index in [1.807, 2.05) is 25.1 Å². The molecule has 0 saturated heterocycles. The van der Waals surface area contributed by atoms with Crippen LogP contribution in [0.4, 0.5) is 0 Å². The van der Waals surface area contributed by atoms with E-state index < -0.39 is 10.0 Å². The fraction of sp³-hybridized carbons (Fsp3) is 0.308. The molecule has 0 aliphatic rings. The monoisotopic (exact) mass is 313 g/mol. The Kier molecular flexibility index (Phi) is 4.80. The molecule has 108 valence electrons. The molecule has 0 radical (unpaired) electrons. The zero-order valence-electron chi connectivity index (χ0n) is 11.1. The summed E-state index contributed by atoms with van der Waals surface area (Å²) < 4.78 is 26.6. The predicted octanol–water partition coefficient (Wildman–Crippen LogP) is 2.15. The largest absolute Gasteiger partial charge is 0.332 e. The Morgan fingerprint density at radius 2 is 2.20 bits per heavy atom. The summed E-state index contributed by atoms with van der Waals surface area (Å²) in [5, 5.41) is 0.743. The number of imidazole rings is 1. The van der Waals surface area contributed by atoms with E-state index in [0.717, 1.165) is 5.56 Å². The van der Waals surface area contributed by atoms with Gasteiger partial charge in [-0.05, 0) is 24.1 Å². The van der Waals surface area contributed by atoms with Crippen molar-refractivity contribution in [2.24, 2.45) is 0 Å². The van der Waals surface area contributed by atoms with Crippen LogP contribution < -0.4 is 4.72 Å². The van der Waals surface area contributed by atoms with Crippen molar-refractivity contribution in [1.82, 2.24) is 14.7 Å². The lowest BCUT2D eigenvalue weighted by molar-refractivity contribution is 0.578. The fourth-order valence-electron chi connectivity index (χ4n) is 1.76. The zero-order chi connectivity index (χ0) is 14.6. The summed E-state index contributed by atoms with van der Waals surface area (Å²) in [4.78, 5) is 6.76. The second-order valence-electron chi connectivity index (χ2n) is 4.33. The molecule has 0 aliphatic heterocycles. The van der Waals surface area contributed by atoms with Gasteiger partial charge in [0.05, 0.1) is 6.20 Å². The molecule has 0 spiro atoms. The molecule has 7 heteroatoms. The van der Waals surface area contributed by atoms with Crippen LogP contribution in [0.3, 0.4) is 0 Å². The average Bonchev–Trinajstić information content (AvgIpc) is 2.88. The summed E-state index contributed by atoms with van der Waals surface area (Å²) in [6, 6.07) is 7.35. The molecular formula is C13H16ClN3O2S. The molecular weight excluding hydrogens is 298 g/mol. The van der Waals surface area contributed by atoms with Crippen molar-refractivity contribution in [2.45, 2.75) is 24.8 Å². The van der Waals surface area contributed by atoms with Crippen LogP contribution in [0.25, 0.3) is 0 Å². The van der Waals surface area contributed by atoms with E-state index in [4.69, 9.17) is 11.6 Å². The van der Waals surface area contributed by atoms with Crippen molar-refractivity contribution in [3.63, 3.8) is 0 Å². The minimum absolute atomic E-state index is 0.0976. The summed E-state index contributed by atoms with van der Waals surface area (Å²) in [7, 11) is -3.53. The van der Waals surface area contributed by atoms with Gasteiger partial charge in [-0.3, -0.25) is 0 Å². The Balaban J connectivity index is 1.96. The van der Waals surface area contributed by atoms with E-state index >= 15 is 0 Å². The van der Waals surface area contributed by atoms with E-state index in [9.17, 15) is 8.42 Å². The van der Waals surface area contributed by atoms with E-state index in [1.54, 1.807) is 6.07 Å². The number of H-pyrrole nitrogens is 1. The van der Waals surface area contributed by atoms with Gasteiger partial charge >= 0.3 is 0 Å². The van der Waals surface area contributed by atoms with Crippen LogP contribution in [0.5, 0.6) is 0 Å². The molecule has 1 aromatic heterocycles. The van der Waals surface area contributed by atoms with Gasteiger partial charge in [0.15, 0.2) is 5.03 Å². The number of aromatic nitrogens is 2. The molecule has 0 aliphatic carbocycles. The highest BCUT2D eigenvalue weighted by atomic mass is 35.5. The lowest BCUT2D eigenvalue weighted by atomic mass is 10.2. The quantitative estimate of drug-likeness (QED) is 0.858. The zero-order valence-corrected chi connectivity index (χ0v) is 12.6. The van der Waals surface area contributed by atoms with Crippen molar-refractivity contribution in [3.8, 4) is 0 Å². The summed E-state index contributed by atoms with van der Waals surface area (Å²) in [5.41, 5.74) is 0.985. The van der Waals surface area contributed by atoms with Crippen molar-refractivity contribution in [1.29, 1.82) is 0 Å². The average molecular weight is 314 g/mol. The van der Waals surface area contributed by atoms with Crippen LogP contribution in [0.15, 0.2) is 35.5 Å². The molecule has 2 aromatic rings. The molecule has 1 heterocycles. The normalized spacial score (nSPS) is 11.7. The highest BCUT2D eigenvalue weighted by Gasteiger charge is 2.16. The van der Waals surface area contributed by atoms with Gasteiger partial charge < -0.3 is 4.98 Å². The number of hydrogen-bond donors (Lipinski definition) is 2. The highest BCUT2D eigenvalue weighted by molar-refractivity contribution is 7.89. The third-order valence-electron chi connectivity index (χ3n) is 2.82. The molecule has 2 rings (SSSR count). The summed E-state index contributed by atoms with van der Waals surface area (Å²) >= 11 is 5.88. The Labute approximate surface area is 123 Å². The highest BCUT2D eigenvalue weighted by Crippen LogP contribution is 2.11. The first-order chi connectivity index (χ1) is 9.51. The number of hydrogen-bond acceptors (Lipinski definition) is 3. The maximum Gasteiger partial charge on any atom is 0.257 e. The third-order valence-corrected chi connectivity index (χ3v) is 4.43. The van der Waals surface area contributed by atoms with Gasteiger partial charge in [0.1, 0.15) is 5.82 Å². The number of rotatable bonds is 6. The van der Waals surface area contributed by atoms with Gasteiger partial charge in [-0.1, -0.05) is 30.7 Å². The first kappa shape index (κ1) is 15.0. The number of halogens is 1. The minimum atomic E-state index is -3.53. The minimum Gasteiger partial charge on any atom is -0.332 e. The van der Waals surface area contributed by atoms with Crippen molar-refractivity contribution < 1.29 is 8.42 Å². The molecule has 0 unspecified atom stereocenters. The molecule has 0 fully saturated rings. The summed E-state index contributed by atoms with van der Waals surface area (Å²) in [6.45, 7) is 2.21. The Hall–Kier alpha value is -1.37. The maximum atomic E-state index is 12.0. The van der Waals surface area contributed by atoms with Crippen LogP contribution in [0.1, 0.15) is 18.3 Å². The maximum absolute atomic E-state index is 12.0. The summed E-state index contributed by atoms with van der Waals surface area (Å²) in [5.74, 6) is 0.653. The molecule has 0 bridgehead atoms. The van der Waals surface area contributed by atoms with Crippen LogP contribution >= 0.6 is 11.6 Å². The molecule has 0 amide bonds. The number of benzene rings is 1. The SMILES string of the molecule is CCc1ncc(S(=O)(=O)NCCc2cccc(Cl)c2)[nH]1. The van der Waals surface area contributed by atoms with Gasteiger partial charge in [0.2, 0.25) is 0 Å². The third kappa shape index (κ3) is 3.82. The number of nitrogens with one attached hydrogen (secondary N) is 2. The second-order valence-corrected chi connectivity index (χ2v) is 6.50. The van der Waals surface area contributed by atoms with Gasteiger partial charge in [-0.15, -0.1) is 0 Å². The van der Waals surface area contributed by atoms with E-state index in [2.05, 4.69) is 14.7 Å². The molecule has 5 nitrogen and oxygen atoms in total. The molecule has 20 heavy (non-hydrogen) atoms. The second kappa shape index (κ2) is 6.39. The first-order valence-corrected chi connectivity index (χ1v) is 8.15. The van der Waals surface area contributed by atoms with Crippen LogP contribution in [0.2, 0.25) is 5.02 Å². The van der Waals surface area contributed by atoms with Gasteiger partial charge in [0, 0.05) is 18.0 Å². The lowest BCUT2D eigenvalue weighted by Gasteiger charge is -2.05. The van der Waals surface area contributed by atoms with Crippen molar-refractivity contribution in [3.05, 3.63) is 46.9 Å². The van der Waals surface area contributed by atoms with Crippen molar-refractivity contribution in [2.75, 3.05) is 6.54 Å². The van der Waals surface area contributed by atoms with Gasteiger partial charge in [0.25, 0.3) is 10.0 Å². The smallest absolute Gasteiger partial charge is 0.257 e. The predicted molar refractivity (Wildman–Crippen MR) is 78.3 cm³/mol. The number of aromatic amines is 1. The van der Waals surface area contributed by atoms with Crippen LogP contribution in [-0.2, 0) is 22.9 Å². The van der Waals surface area contributed by atoms with Crippen LogP contribution in [0, 0.1) is 0 Å². The van der Waals surface area contributed by atoms with Crippen molar-refractivity contribution >= 4 is 21.6 Å². The topological polar surface area (TPSA) is 74.8 Å². The van der Waals surface area contributed by atoms with E-state index in [1.165, 1.54) is 6.20 Å². The molecule has 0 atom stereocenters. The number of nitrogens with zero attached hydrogens (tertiary/aromatic N) is 1. The van der Waals surface area contributed by atoms with Gasteiger partial charge in [-0.2, -0.15) is 0 Å².